The van der Waals surface area contributed by atoms with Crippen LogP contribution in [0.5, 0.6) is 11.5 Å². The van der Waals surface area contributed by atoms with Gasteiger partial charge in [-0.25, -0.2) is 0 Å². The van der Waals surface area contributed by atoms with E-state index in [0.717, 1.165) is 81.6 Å². The van der Waals surface area contributed by atoms with Crippen molar-refractivity contribution in [2.24, 2.45) is 11.7 Å². The summed E-state index contributed by atoms with van der Waals surface area (Å²) in [5.41, 5.74) is 6.73. The van der Waals surface area contributed by atoms with Crippen LogP contribution in [-0.2, 0) is 22.5 Å². The molecule has 33 heavy (non-hydrogen) atoms. The number of hydrogen-bond donors (Lipinski definition) is 1. The summed E-state index contributed by atoms with van der Waals surface area (Å²) >= 11 is 0. The van der Waals surface area contributed by atoms with Crippen molar-refractivity contribution in [3.63, 3.8) is 0 Å². The van der Waals surface area contributed by atoms with Crippen LogP contribution in [0.3, 0.4) is 0 Å². The number of aryl methyl sites for hydroxylation is 1. The number of nitrogens with zero attached hydrogens (tertiary/aromatic N) is 4. The molecule has 1 unspecified atom stereocenters. The number of amides is 1. The fourth-order valence-electron chi connectivity index (χ4n) is 4.75. The third-order valence-electron chi connectivity index (χ3n) is 6.61. The van der Waals surface area contributed by atoms with Crippen molar-refractivity contribution in [3.8, 4) is 11.5 Å². The lowest BCUT2D eigenvalue weighted by Gasteiger charge is -2.31. The average molecular weight is 458 g/mol. The van der Waals surface area contributed by atoms with Crippen molar-refractivity contribution >= 4 is 11.9 Å². The first kappa shape index (κ1) is 23.4. The highest BCUT2D eigenvalue weighted by atomic mass is 16.5. The third kappa shape index (κ3) is 5.40. The van der Waals surface area contributed by atoms with Crippen molar-refractivity contribution in [2.75, 3.05) is 44.9 Å². The number of benzene rings is 1. The van der Waals surface area contributed by atoms with Gasteiger partial charge in [0, 0.05) is 38.1 Å². The van der Waals surface area contributed by atoms with Gasteiger partial charge < -0.3 is 24.8 Å². The SMILES string of the molecule is CCOc1cc(CCCn2c(C3CCOC3)nnc2N2CCC(C(N)=O)CC2)ccc1OC. The van der Waals surface area contributed by atoms with E-state index in [1.54, 1.807) is 7.11 Å². The molecule has 2 N–H and O–H groups in total. The summed E-state index contributed by atoms with van der Waals surface area (Å²) < 4.78 is 19.0. The number of aromatic nitrogens is 3. The van der Waals surface area contributed by atoms with Gasteiger partial charge in [-0.05, 0) is 56.7 Å². The van der Waals surface area contributed by atoms with E-state index in [-0.39, 0.29) is 17.7 Å². The Kier molecular flexibility index (Phi) is 7.69. The molecule has 9 nitrogen and oxygen atoms in total. The second-order valence-electron chi connectivity index (χ2n) is 8.76. The first-order chi connectivity index (χ1) is 16.1. The van der Waals surface area contributed by atoms with Gasteiger partial charge in [0.2, 0.25) is 11.9 Å². The first-order valence-electron chi connectivity index (χ1n) is 12.0. The van der Waals surface area contributed by atoms with Crippen LogP contribution >= 0.6 is 0 Å². The molecular weight excluding hydrogens is 422 g/mol. The fourth-order valence-corrected chi connectivity index (χ4v) is 4.75. The summed E-state index contributed by atoms with van der Waals surface area (Å²) in [6.07, 6.45) is 4.34. The van der Waals surface area contributed by atoms with E-state index in [4.69, 9.17) is 19.9 Å². The van der Waals surface area contributed by atoms with Crippen molar-refractivity contribution in [1.29, 1.82) is 0 Å². The second kappa shape index (κ2) is 10.9. The Bertz CT molecular complexity index is 933. The van der Waals surface area contributed by atoms with E-state index >= 15 is 0 Å². The number of carbonyl (C=O) groups is 1. The molecule has 1 atom stereocenters. The van der Waals surface area contributed by atoms with E-state index in [0.29, 0.717) is 13.2 Å². The lowest BCUT2D eigenvalue weighted by molar-refractivity contribution is -0.122. The third-order valence-corrected chi connectivity index (χ3v) is 6.61. The van der Waals surface area contributed by atoms with Gasteiger partial charge in [-0.15, -0.1) is 10.2 Å². The summed E-state index contributed by atoms with van der Waals surface area (Å²) in [6.45, 7) is 6.39. The minimum absolute atomic E-state index is 0.0464. The molecule has 0 radical (unpaired) electrons. The molecule has 2 aliphatic rings. The largest absolute Gasteiger partial charge is 0.493 e. The number of rotatable bonds is 10. The van der Waals surface area contributed by atoms with Gasteiger partial charge >= 0.3 is 0 Å². The Balaban J connectivity index is 1.47. The number of anilines is 1. The maximum Gasteiger partial charge on any atom is 0.227 e. The van der Waals surface area contributed by atoms with Crippen LogP contribution in [0, 0.1) is 5.92 Å². The van der Waals surface area contributed by atoms with E-state index < -0.39 is 0 Å². The van der Waals surface area contributed by atoms with E-state index in [9.17, 15) is 4.79 Å². The van der Waals surface area contributed by atoms with Crippen LogP contribution in [0.15, 0.2) is 18.2 Å². The van der Waals surface area contributed by atoms with Crippen molar-refractivity contribution in [2.45, 2.75) is 51.5 Å². The molecule has 1 aromatic heterocycles. The molecule has 4 rings (SSSR count). The number of ether oxygens (including phenoxy) is 3. The van der Waals surface area contributed by atoms with Crippen molar-refractivity contribution < 1.29 is 19.0 Å². The molecule has 3 heterocycles. The number of hydrogen-bond acceptors (Lipinski definition) is 7. The Morgan fingerprint density at radius 2 is 2.03 bits per heavy atom. The van der Waals surface area contributed by atoms with Crippen LogP contribution in [0.2, 0.25) is 0 Å². The number of nitrogens with two attached hydrogens (primary N) is 1. The predicted octanol–water partition coefficient (Wildman–Crippen LogP) is 2.52. The van der Waals surface area contributed by atoms with E-state index in [1.807, 2.05) is 13.0 Å². The first-order valence-corrected chi connectivity index (χ1v) is 12.0. The molecule has 0 bridgehead atoms. The molecular formula is C24H35N5O4. The van der Waals surface area contributed by atoms with Crippen molar-refractivity contribution in [3.05, 3.63) is 29.6 Å². The van der Waals surface area contributed by atoms with Crippen LogP contribution in [0.25, 0.3) is 0 Å². The van der Waals surface area contributed by atoms with Crippen LogP contribution in [-0.4, -0.2) is 60.7 Å². The molecule has 2 aliphatic heterocycles. The molecule has 9 heteroatoms. The molecule has 0 aliphatic carbocycles. The molecule has 0 spiro atoms. The average Bonchev–Trinajstić information content (AvgIpc) is 3.50. The summed E-state index contributed by atoms with van der Waals surface area (Å²) in [7, 11) is 1.66. The Labute approximate surface area is 195 Å². The highest BCUT2D eigenvalue weighted by Crippen LogP contribution is 2.31. The van der Waals surface area contributed by atoms with Gasteiger partial charge in [-0.3, -0.25) is 9.36 Å². The maximum absolute atomic E-state index is 11.6. The van der Waals surface area contributed by atoms with Crippen LogP contribution in [0.1, 0.15) is 49.9 Å². The van der Waals surface area contributed by atoms with Crippen LogP contribution in [0.4, 0.5) is 5.95 Å². The normalized spacial score (nSPS) is 19.1. The number of primary amides is 1. The minimum atomic E-state index is -0.203. The second-order valence-corrected chi connectivity index (χ2v) is 8.76. The number of piperidine rings is 1. The maximum atomic E-state index is 11.6. The zero-order valence-electron chi connectivity index (χ0n) is 19.7. The van der Waals surface area contributed by atoms with E-state index in [1.165, 1.54) is 5.56 Å². The van der Waals surface area contributed by atoms with Gasteiger partial charge in [0.25, 0.3) is 0 Å². The topological polar surface area (TPSA) is 105 Å². The Hall–Kier alpha value is -2.81. The zero-order valence-corrected chi connectivity index (χ0v) is 19.7. The monoisotopic (exact) mass is 457 g/mol. The Morgan fingerprint density at radius 1 is 1.21 bits per heavy atom. The van der Waals surface area contributed by atoms with Gasteiger partial charge in [-0.2, -0.15) is 0 Å². The van der Waals surface area contributed by atoms with Gasteiger partial charge in [0.15, 0.2) is 11.5 Å². The lowest BCUT2D eigenvalue weighted by Crippen LogP contribution is -2.39. The number of methoxy groups -OCH3 is 1. The summed E-state index contributed by atoms with van der Waals surface area (Å²) in [5, 5.41) is 9.15. The summed E-state index contributed by atoms with van der Waals surface area (Å²) in [6, 6.07) is 6.12. The summed E-state index contributed by atoms with van der Waals surface area (Å²) in [4.78, 5) is 13.8. The van der Waals surface area contributed by atoms with Crippen LogP contribution < -0.4 is 20.1 Å². The quantitative estimate of drug-likeness (QED) is 0.584. The molecule has 2 fully saturated rings. The predicted molar refractivity (Wildman–Crippen MR) is 125 cm³/mol. The highest BCUT2D eigenvalue weighted by molar-refractivity contribution is 5.76. The zero-order chi connectivity index (χ0) is 23.2. The van der Waals surface area contributed by atoms with Gasteiger partial charge in [-0.1, -0.05) is 6.07 Å². The van der Waals surface area contributed by atoms with E-state index in [2.05, 4.69) is 31.8 Å². The van der Waals surface area contributed by atoms with Gasteiger partial charge in [0.1, 0.15) is 5.82 Å². The summed E-state index contributed by atoms with van der Waals surface area (Å²) in [5.74, 6) is 3.46. The lowest BCUT2D eigenvalue weighted by atomic mass is 9.96. The highest BCUT2D eigenvalue weighted by Gasteiger charge is 2.30. The fraction of sp³-hybridized carbons (Fsp3) is 0.625. The smallest absolute Gasteiger partial charge is 0.227 e. The number of carbonyl (C=O) groups excluding carboxylic acids is 1. The molecule has 1 amide bonds. The van der Waals surface area contributed by atoms with Crippen molar-refractivity contribution in [1.82, 2.24) is 14.8 Å². The van der Waals surface area contributed by atoms with Gasteiger partial charge in [0.05, 0.1) is 20.3 Å². The molecule has 2 saturated heterocycles. The standard InChI is InChI=1S/C24H35N5O4/c1-3-33-21-15-17(6-7-20(21)31-2)5-4-11-29-23(19-10-14-32-16-19)26-27-24(29)28-12-8-18(9-13-28)22(25)30/h6-7,15,18-19H,3-5,8-14,16H2,1-2H3,(H2,25,30). The Morgan fingerprint density at radius 3 is 2.70 bits per heavy atom. The molecule has 2 aromatic rings. The molecule has 0 saturated carbocycles. The molecule has 180 valence electrons. The molecule has 1 aromatic carbocycles. The minimum Gasteiger partial charge on any atom is -0.493 e.